The highest BCUT2D eigenvalue weighted by Gasteiger charge is 2.05. The minimum Gasteiger partial charge on any atom is -0.233 e. The molecule has 2 aromatic carbocycles. The molecule has 92 valence electrons. The van der Waals surface area contributed by atoms with E-state index in [9.17, 15) is 0 Å². The molecular formula is C17H14N2. The zero-order valence-electron chi connectivity index (χ0n) is 10.7. The third-order valence-electron chi connectivity index (χ3n) is 2.96. The van der Waals surface area contributed by atoms with Crippen molar-refractivity contribution in [3.8, 4) is 22.6 Å². The fraction of sp³-hybridized carbons (Fsp3) is 0.0588. The normalized spacial score (nSPS) is 10.4. The second-order valence-corrected chi connectivity index (χ2v) is 4.45. The Morgan fingerprint density at radius 3 is 1.89 bits per heavy atom. The fourth-order valence-corrected chi connectivity index (χ4v) is 2.04. The van der Waals surface area contributed by atoms with Gasteiger partial charge in [0.05, 0.1) is 5.69 Å². The van der Waals surface area contributed by atoms with E-state index < -0.39 is 0 Å². The predicted molar refractivity (Wildman–Crippen MR) is 77.6 cm³/mol. The summed E-state index contributed by atoms with van der Waals surface area (Å²) in [5, 5.41) is 0. The van der Waals surface area contributed by atoms with Crippen LogP contribution in [0.5, 0.6) is 0 Å². The maximum atomic E-state index is 4.66. The lowest BCUT2D eigenvalue weighted by molar-refractivity contribution is 1.11. The second kappa shape index (κ2) is 5.02. The third-order valence-corrected chi connectivity index (χ3v) is 2.96. The molecule has 0 bridgehead atoms. The summed E-state index contributed by atoms with van der Waals surface area (Å²) in [6.07, 6.45) is 0. The maximum Gasteiger partial charge on any atom is 0.160 e. The molecule has 0 atom stereocenters. The summed E-state index contributed by atoms with van der Waals surface area (Å²) >= 11 is 0. The molecule has 0 aliphatic heterocycles. The van der Waals surface area contributed by atoms with Crippen molar-refractivity contribution >= 4 is 0 Å². The minimum atomic E-state index is 0.777. The zero-order valence-corrected chi connectivity index (χ0v) is 10.7. The van der Waals surface area contributed by atoms with E-state index in [1.807, 2.05) is 61.5 Å². The Balaban J connectivity index is 2.12. The standard InChI is InChI=1S/C17H14N2/c1-13-12-16(14-8-4-2-5-9-14)19-17(18-13)15-10-6-3-7-11-15/h2-12H,1H3. The Morgan fingerprint density at radius 2 is 1.26 bits per heavy atom. The molecule has 1 aromatic heterocycles. The van der Waals surface area contributed by atoms with Crippen LogP contribution in [0.3, 0.4) is 0 Å². The van der Waals surface area contributed by atoms with E-state index in [2.05, 4.69) is 22.1 Å². The lowest BCUT2D eigenvalue weighted by Gasteiger charge is -2.06. The smallest absolute Gasteiger partial charge is 0.160 e. The van der Waals surface area contributed by atoms with Crippen molar-refractivity contribution in [1.29, 1.82) is 0 Å². The fourth-order valence-electron chi connectivity index (χ4n) is 2.04. The molecule has 0 N–H and O–H groups in total. The number of benzene rings is 2. The van der Waals surface area contributed by atoms with Gasteiger partial charge in [0.1, 0.15) is 0 Å². The van der Waals surface area contributed by atoms with Crippen LogP contribution in [0.4, 0.5) is 0 Å². The van der Waals surface area contributed by atoms with Gasteiger partial charge in [-0.3, -0.25) is 0 Å². The molecule has 0 aliphatic rings. The molecule has 0 aliphatic carbocycles. The van der Waals surface area contributed by atoms with Gasteiger partial charge < -0.3 is 0 Å². The second-order valence-electron chi connectivity index (χ2n) is 4.45. The number of aromatic nitrogens is 2. The summed E-state index contributed by atoms with van der Waals surface area (Å²) in [7, 11) is 0. The first-order valence-corrected chi connectivity index (χ1v) is 6.29. The van der Waals surface area contributed by atoms with Crippen LogP contribution in [0, 0.1) is 6.92 Å². The monoisotopic (exact) mass is 246 g/mol. The Labute approximate surface area is 112 Å². The van der Waals surface area contributed by atoms with E-state index in [1.165, 1.54) is 0 Å². The zero-order chi connectivity index (χ0) is 13.1. The highest BCUT2D eigenvalue weighted by atomic mass is 14.9. The summed E-state index contributed by atoms with van der Waals surface area (Å²) in [4.78, 5) is 9.18. The molecule has 2 heteroatoms. The molecule has 0 saturated heterocycles. The molecule has 0 radical (unpaired) electrons. The lowest BCUT2D eigenvalue weighted by atomic mass is 10.1. The van der Waals surface area contributed by atoms with E-state index in [4.69, 9.17) is 0 Å². The van der Waals surface area contributed by atoms with Crippen molar-refractivity contribution in [3.63, 3.8) is 0 Å². The number of hydrogen-bond acceptors (Lipinski definition) is 2. The molecule has 0 spiro atoms. The van der Waals surface area contributed by atoms with Crippen LogP contribution < -0.4 is 0 Å². The van der Waals surface area contributed by atoms with Crippen molar-refractivity contribution in [1.82, 2.24) is 9.97 Å². The Hall–Kier alpha value is -2.48. The van der Waals surface area contributed by atoms with Gasteiger partial charge in [-0.25, -0.2) is 9.97 Å². The Kier molecular flexibility index (Phi) is 3.07. The van der Waals surface area contributed by atoms with E-state index in [0.29, 0.717) is 0 Å². The predicted octanol–water partition coefficient (Wildman–Crippen LogP) is 4.12. The highest BCUT2D eigenvalue weighted by molar-refractivity contribution is 5.64. The minimum absolute atomic E-state index is 0.777. The largest absolute Gasteiger partial charge is 0.233 e. The molecule has 0 amide bonds. The van der Waals surface area contributed by atoms with Gasteiger partial charge in [0.15, 0.2) is 5.82 Å². The molecule has 3 aromatic rings. The first kappa shape index (κ1) is 11.6. The van der Waals surface area contributed by atoms with Crippen LogP contribution in [-0.2, 0) is 0 Å². The number of nitrogens with zero attached hydrogens (tertiary/aromatic N) is 2. The molecule has 3 rings (SSSR count). The molecule has 2 nitrogen and oxygen atoms in total. The van der Waals surface area contributed by atoms with Crippen LogP contribution >= 0.6 is 0 Å². The topological polar surface area (TPSA) is 25.8 Å². The van der Waals surface area contributed by atoms with Gasteiger partial charge in [-0.15, -0.1) is 0 Å². The maximum absolute atomic E-state index is 4.66. The van der Waals surface area contributed by atoms with Crippen LogP contribution in [-0.4, -0.2) is 9.97 Å². The van der Waals surface area contributed by atoms with E-state index in [0.717, 1.165) is 28.3 Å². The van der Waals surface area contributed by atoms with Crippen LogP contribution in [0.1, 0.15) is 5.69 Å². The lowest BCUT2D eigenvalue weighted by Crippen LogP contribution is -1.94. The van der Waals surface area contributed by atoms with E-state index >= 15 is 0 Å². The number of aryl methyl sites for hydroxylation is 1. The van der Waals surface area contributed by atoms with Crippen molar-refractivity contribution < 1.29 is 0 Å². The molecular weight excluding hydrogens is 232 g/mol. The molecule has 0 unspecified atom stereocenters. The van der Waals surface area contributed by atoms with Gasteiger partial charge in [-0.1, -0.05) is 60.7 Å². The van der Waals surface area contributed by atoms with Crippen molar-refractivity contribution in [2.24, 2.45) is 0 Å². The molecule has 0 saturated carbocycles. The van der Waals surface area contributed by atoms with Crippen molar-refractivity contribution in [3.05, 3.63) is 72.4 Å². The van der Waals surface area contributed by atoms with Crippen LogP contribution in [0.2, 0.25) is 0 Å². The summed E-state index contributed by atoms with van der Waals surface area (Å²) in [5.41, 5.74) is 4.10. The quantitative estimate of drug-likeness (QED) is 0.679. The van der Waals surface area contributed by atoms with Gasteiger partial charge in [0, 0.05) is 16.8 Å². The van der Waals surface area contributed by atoms with Gasteiger partial charge in [-0.05, 0) is 13.0 Å². The van der Waals surface area contributed by atoms with Gasteiger partial charge in [0.2, 0.25) is 0 Å². The van der Waals surface area contributed by atoms with Gasteiger partial charge in [0.25, 0.3) is 0 Å². The third kappa shape index (κ3) is 2.52. The summed E-state index contributed by atoms with van der Waals surface area (Å²) in [6.45, 7) is 2.00. The first-order chi connectivity index (χ1) is 9.33. The SMILES string of the molecule is Cc1cc(-c2ccccc2)nc(-c2ccccc2)n1. The number of hydrogen-bond donors (Lipinski definition) is 0. The van der Waals surface area contributed by atoms with Gasteiger partial charge >= 0.3 is 0 Å². The van der Waals surface area contributed by atoms with E-state index in [1.54, 1.807) is 0 Å². The van der Waals surface area contributed by atoms with Crippen molar-refractivity contribution in [2.75, 3.05) is 0 Å². The Bertz CT molecular complexity index is 618. The summed E-state index contributed by atoms with van der Waals surface area (Å²) < 4.78 is 0. The average molecular weight is 246 g/mol. The summed E-state index contributed by atoms with van der Waals surface area (Å²) in [5.74, 6) is 0.777. The number of rotatable bonds is 2. The summed E-state index contributed by atoms with van der Waals surface area (Å²) in [6, 6.07) is 22.3. The van der Waals surface area contributed by atoms with Gasteiger partial charge in [-0.2, -0.15) is 0 Å². The Morgan fingerprint density at radius 1 is 0.684 bits per heavy atom. The molecule has 1 heterocycles. The van der Waals surface area contributed by atoms with Crippen molar-refractivity contribution in [2.45, 2.75) is 6.92 Å². The average Bonchev–Trinajstić information content (AvgIpc) is 2.48. The van der Waals surface area contributed by atoms with Crippen LogP contribution in [0.25, 0.3) is 22.6 Å². The van der Waals surface area contributed by atoms with Crippen LogP contribution in [0.15, 0.2) is 66.7 Å². The molecule has 0 fully saturated rings. The highest BCUT2D eigenvalue weighted by Crippen LogP contribution is 2.21. The first-order valence-electron chi connectivity index (χ1n) is 6.29. The van der Waals surface area contributed by atoms with E-state index in [-0.39, 0.29) is 0 Å². The molecule has 19 heavy (non-hydrogen) atoms.